The summed E-state index contributed by atoms with van der Waals surface area (Å²) in [7, 11) is 2.08. The topological polar surface area (TPSA) is 93.4 Å². The first kappa shape index (κ1) is 25.2. The molecule has 0 aliphatic carbocycles. The van der Waals surface area contributed by atoms with Gasteiger partial charge in [-0.2, -0.15) is 0 Å². The number of piperidine rings is 1. The zero-order valence-electron chi connectivity index (χ0n) is 19.2. The third-order valence-corrected chi connectivity index (χ3v) is 6.73. The molecule has 1 aliphatic heterocycles. The molecule has 7 nitrogen and oxygen atoms in total. The van der Waals surface area contributed by atoms with E-state index in [2.05, 4.69) is 27.2 Å². The molecule has 10 heteroatoms. The van der Waals surface area contributed by atoms with Crippen LogP contribution in [0.3, 0.4) is 0 Å². The number of anilines is 1. The van der Waals surface area contributed by atoms with Crippen molar-refractivity contribution in [3.05, 3.63) is 69.6 Å². The largest absolute Gasteiger partial charge is 0.475 e. The van der Waals surface area contributed by atoms with Crippen LogP contribution < -0.4 is 15.8 Å². The molecule has 2 aromatic carbocycles. The number of nitrogens with one attached hydrogen (secondary N) is 1. The van der Waals surface area contributed by atoms with Crippen LogP contribution in [0, 0.1) is 5.82 Å². The van der Waals surface area contributed by atoms with Gasteiger partial charge in [0.15, 0.2) is 5.82 Å². The third-order valence-electron chi connectivity index (χ3n) is 5.97. The van der Waals surface area contributed by atoms with Crippen LogP contribution in [0.1, 0.15) is 28.8 Å². The zero-order valence-corrected chi connectivity index (χ0v) is 20.7. The average molecular weight is 518 g/mol. The van der Waals surface area contributed by atoms with Gasteiger partial charge >= 0.3 is 0 Å². The van der Waals surface area contributed by atoms with Gasteiger partial charge < -0.3 is 20.7 Å². The summed E-state index contributed by atoms with van der Waals surface area (Å²) in [6, 6.07) is 9.99. The number of ether oxygens (including phenoxy) is 1. The van der Waals surface area contributed by atoms with Crippen molar-refractivity contribution >= 4 is 34.9 Å². The minimum Gasteiger partial charge on any atom is -0.475 e. The van der Waals surface area contributed by atoms with E-state index >= 15 is 0 Å². The molecule has 0 spiro atoms. The van der Waals surface area contributed by atoms with Crippen molar-refractivity contribution in [2.45, 2.75) is 25.3 Å². The molecule has 0 radical (unpaired) electrons. The molecular weight excluding hydrogens is 492 g/mol. The summed E-state index contributed by atoms with van der Waals surface area (Å²) in [5.41, 5.74) is 8.14. The highest BCUT2D eigenvalue weighted by Crippen LogP contribution is 2.28. The van der Waals surface area contributed by atoms with Crippen LogP contribution in [0.25, 0.3) is 11.3 Å². The van der Waals surface area contributed by atoms with Crippen LogP contribution in [0.4, 0.5) is 10.2 Å². The second-order valence-corrected chi connectivity index (χ2v) is 9.28. The van der Waals surface area contributed by atoms with Gasteiger partial charge in [0.2, 0.25) is 0 Å². The summed E-state index contributed by atoms with van der Waals surface area (Å²) in [5.74, 6) is -0.425. The fourth-order valence-electron chi connectivity index (χ4n) is 3.92. The molecule has 2 heterocycles. The molecule has 1 saturated heterocycles. The van der Waals surface area contributed by atoms with E-state index in [1.54, 1.807) is 18.2 Å². The maximum absolute atomic E-state index is 13.7. The Balaban J connectivity index is 1.44. The van der Waals surface area contributed by atoms with Crippen molar-refractivity contribution in [3.8, 4) is 17.1 Å². The number of nitrogens with zero attached hydrogens (tertiary/aromatic N) is 3. The molecule has 1 aromatic heterocycles. The van der Waals surface area contributed by atoms with Crippen LogP contribution in [-0.2, 0) is 6.42 Å². The van der Waals surface area contributed by atoms with E-state index in [-0.39, 0.29) is 41.7 Å². The van der Waals surface area contributed by atoms with E-state index in [9.17, 15) is 9.18 Å². The summed E-state index contributed by atoms with van der Waals surface area (Å²) >= 11 is 12.2. The first-order valence-corrected chi connectivity index (χ1v) is 12.0. The Morgan fingerprint density at radius 3 is 2.80 bits per heavy atom. The highest BCUT2D eigenvalue weighted by atomic mass is 35.5. The number of halogens is 3. The number of hydrogen-bond donors (Lipinski definition) is 2. The lowest BCUT2D eigenvalue weighted by Gasteiger charge is -2.29. The lowest BCUT2D eigenvalue weighted by Crippen LogP contribution is -2.43. The molecular formula is C25H26Cl2FN5O2. The lowest BCUT2D eigenvalue weighted by molar-refractivity contribution is 0.0917. The summed E-state index contributed by atoms with van der Waals surface area (Å²) in [5, 5.41) is 3.43. The summed E-state index contributed by atoms with van der Waals surface area (Å²) in [4.78, 5) is 23.7. The molecule has 1 aliphatic rings. The number of hydrogen-bond acceptors (Lipinski definition) is 6. The van der Waals surface area contributed by atoms with Gasteiger partial charge in [0.25, 0.3) is 11.8 Å². The Morgan fingerprint density at radius 1 is 1.26 bits per heavy atom. The van der Waals surface area contributed by atoms with Gasteiger partial charge in [-0.1, -0.05) is 35.3 Å². The van der Waals surface area contributed by atoms with Crippen molar-refractivity contribution in [1.29, 1.82) is 0 Å². The molecule has 1 amide bonds. The van der Waals surface area contributed by atoms with Crippen LogP contribution in [0.2, 0.25) is 10.0 Å². The number of carbonyl (C=O) groups excluding carboxylic acids is 1. The van der Waals surface area contributed by atoms with Gasteiger partial charge in [0.1, 0.15) is 5.82 Å². The molecule has 0 saturated carbocycles. The molecule has 0 unspecified atom stereocenters. The standard InChI is InChI=1S/C25H26Cl2FN5O2/c1-33-10-7-17(8-11-33)31-24(34)16-4-2-3-15(13-16)21-14-30-23(29)25(32-21)35-12-9-18-19(26)5-6-20(28)22(18)27/h2-6,13-14,17H,7-12H2,1H3,(H2,29,30)(H,31,34). The number of rotatable bonds is 7. The van der Waals surface area contributed by atoms with E-state index < -0.39 is 5.82 Å². The van der Waals surface area contributed by atoms with E-state index in [0.717, 1.165) is 25.9 Å². The number of nitrogens with two attached hydrogens (primary N) is 1. The number of carbonyl (C=O) groups is 1. The minimum absolute atomic E-state index is 0.0377. The predicted molar refractivity (Wildman–Crippen MR) is 135 cm³/mol. The molecule has 1 fully saturated rings. The van der Waals surface area contributed by atoms with Crippen LogP contribution >= 0.6 is 23.2 Å². The fourth-order valence-corrected chi connectivity index (χ4v) is 4.48. The minimum atomic E-state index is -0.549. The Labute approximate surface area is 213 Å². The summed E-state index contributed by atoms with van der Waals surface area (Å²) < 4.78 is 19.5. The van der Waals surface area contributed by atoms with Gasteiger partial charge in [-0.05, 0) is 62.8 Å². The molecule has 0 bridgehead atoms. The van der Waals surface area contributed by atoms with Gasteiger partial charge in [0, 0.05) is 28.6 Å². The monoisotopic (exact) mass is 517 g/mol. The summed E-state index contributed by atoms with van der Waals surface area (Å²) in [6.45, 7) is 2.04. The second kappa shape index (κ2) is 11.2. The summed E-state index contributed by atoms with van der Waals surface area (Å²) in [6.07, 6.45) is 3.64. The number of likely N-dealkylation sites (tertiary alicyclic amines) is 1. The van der Waals surface area contributed by atoms with E-state index in [4.69, 9.17) is 33.7 Å². The highest BCUT2D eigenvalue weighted by molar-refractivity contribution is 6.36. The Kier molecular flexibility index (Phi) is 8.05. The fraction of sp³-hybridized carbons (Fsp3) is 0.320. The second-order valence-electron chi connectivity index (χ2n) is 8.50. The van der Waals surface area contributed by atoms with Crippen LogP contribution in [0.5, 0.6) is 5.88 Å². The van der Waals surface area contributed by atoms with Gasteiger partial charge in [-0.3, -0.25) is 4.79 Å². The van der Waals surface area contributed by atoms with Gasteiger partial charge in [0.05, 0.1) is 23.5 Å². The van der Waals surface area contributed by atoms with Crippen molar-refractivity contribution in [2.24, 2.45) is 0 Å². The van der Waals surface area contributed by atoms with Crippen LogP contribution in [0.15, 0.2) is 42.6 Å². The molecule has 184 valence electrons. The van der Waals surface area contributed by atoms with Gasteiger partial charge in [-0.15, -0.1) is 0 Å². The van der Waals surface area contributed by atoms with Crippen molar-refractivity contribution in [3.63, 3.8) is 0 Å². The molecule has 0 atom stereocenters. The highest BCUT2D eigenvalue weighted by Gasteiger charge is 2.19. The van der Waals surface area contributed by atoms with Crippen molar-refractivity contribution in [1.82, 2.24) is 20.2 Å². The quantitative estimate of drug-likeness (QED) is 0.444. The maximum Gasteiger partial charge on any atom is 0.257 e. The number of benzene rings is 2. The normalized spacial score (nSPS) is 14.6. The Hall–Kier alpha value is -2.94. The predicted octanol–water partition coefficient (Wildman–Crippen LogP) is 4.62. The lowest BCUT2D eigenvalue weighted by atomic mass is 10.0. The first-order chi connectivity index (χ1) is 16.8. The SMILES string of the molecule is CN1CCC(NC(=O)c2cccc(-c3cnc(N)c(OCCc4c(Cl)ccc(F)c4Cl)n3)c2)CC1. The smallest absolute Gasteiger partial charge is 0.257 e. The zero-order chi connectivity index (χ0) is 24.9. The number of aromatic nitrogens is 2. The van der Waals surface area contributed by atoms with E-state index in [1.807, 2.05) is 6.07 Å². The van der Waals surface area contributed by atoms with Gasteiger partial charge in [-0.25, -0.2) is 14.4 Å². The maximum atomic E-state index is 13.7. The van der Waals surface area contributed by atoms with E-state index in [1.165, 1.54) is 18.3 Å². The van der Waals surface area contributed by atoms with Crippen molar-refractivity contribution in [2.75, 3.05) is 32.5 Å². The van der Waals surface area contributed by atoms with E-state index in [0.29, 0.717) is 27.4 Å². The molecule has 3 aromatic rings. The average Bonchev–Trinajstić information content (AvgIpc) is 2.86. The Bertz CT molecular complexity index is 1220. The Morgan fingerprint density at radius 2 is 2.03 bits per heavy atom. The third kappa shape index (κ3) is 6.20. The number of nitrogen functional groups attached to an aromatic ring is 1. The molecule has 35 heavy (non-hydrogen) atoms. The first-order valence-electron chi connectivity index (χ1n) is 11.3. The van der Waals surface area contributed by atoms with Crippen molar-refractivity contribution < 1.29 is 13.9 Å². The van der Waals surface area contributed by atoms with Crippen LogP contribution in [-0.4, -0.2) is 53.6 Å². The number of amides is 1. The molecule has 3 N–H and O–H groups in total. The molecule has 4 rings (SSSR count).